The first-order valence-electron chi connectivity index (χ1n) is 6.75. The fourth-order valence-electron chi connectivity index (χ4n) is 0.649. The Morgan fingerprint density at radius 2 is 1.47 bits per heavy atom. The number of aliphatic hydroxyl groups excluding tert-OH is 1. The quantitative estimate of drug-likeness (QED) is 0.688. The van der Waals surface area contributed by atoms with Crippen molar-refractivity contribution in [2.45, 2.75) is 47.4 Å². The first-order chi connectivity index (χ1) is 9.24. The summed E-state index contributed by atoms with van der Waals surface area (Å²) in [4.78, 5) is 0. The molecule has 0 radical (unpaired) electrons. The van der Waals surface area contributed by atoms with Gasteiger partial charge in [-0.25, -0.2) is 0 Å². The zero-order chi connectivity index (χ0) is 15.2. The average molecular weight is 275 g/mol. The van der Waals surface area contributed by atoms with Crippen molar-refractivity contribution in [2.75, 3.05) is 33.0 Å². The second-order valence-corrected chi connectivity index (χ2v) is 2.76. The van der Waals surface area contributed by atoms with Crippen LogP contribution in [0, 0.1) is 22.7 Å². The molecule has 5 nitrogen and oxygen atoms in total. The molecule has 5 heteroatoms. The number of nitriles is 2. The molecule has 114 valence electrons. The lowest BCUT2D eigenvalue weighted by atomic mass is 10.5. The highest BCUT2D eigenvalue weighted by Crippen LogP contribution is 1.81. The van der Waals surface area contributed by atoms with Crippen molar-refractivity contribution in [1.29, 1.82) is 10.5 Å². The van der Waals surface area contributed by atoms with Crippen LogP contribution in [0.4, 0.5) is 0 Å². The van der Waals surface area contributed by atoms with Crippen LogP contribution in [0.25, 0.3) is 0 Å². The molecular weight excluding hydrogens is 244 g/mol. The number of aliphatic hydroxyl groups is 1. The number of hydrogen-bond acceptors (Lipinski definition) is 5. The Balaban J connectivity index is -0.000000103. The van der Waals surface area contributed by atoms with Crippen LogP contribution in [0.5, 0.6) is 0 Å². The number of nitrogens with zero attached hydrogens (tertiary/aromatic N) is 2. The molecule has 0 aliphatic heterocycles. The summed E-state index contributed by atoms with van der Waals surface area (Å²) in [5.41, 5.74) is 0. The first-order valence-corrected chi connectivity index (χ1v) is 6.04. The first kappa shape index (κ1) is 23.0. The highest BCUT2D eigenvalue weighted by Gasteiger charge is 1.82. The van der Waals surface area contributed by atoms with Crippen LogP contribution in [-0.2, 0) is 9.47 Å². The molecular formula is C14H30N2O3. The molecule has 0 aliphatic carbocycles. The van der Waals surface area contributed by atoms with Crippen molar-refractivity contribution in [3.63, 3.8) is 0 Å². The second kappa shape index (κ2) is 36.0. The van der Waals surface area contributed by atoms with E-state index in [1.54, 1.807) is 6.92 Å². The van der Waals surface area contributed by atoms with E-state index in [0.717, 1.165) is 13.0 Å². The highest BCUT2D eigenvalue weighted by molar-refractivity contribution is 4.67. The summed E-state index contributed by atoms with van der Waals surface area (Å²) < 4.78 is 16.0. The van der Waals surface area contributed by atoms with Gasteiger partial charge in [0.05, 0.1) is 51.4 Å². The Bertz CT molecular complexity index is 193. The molecule has 0 aliphatic rings. The van der Waals surface area contributed by atoms with Crippen LogP contribution in [-0.4, -0.2) is 38.1 Å². The normalized spacial score (nSPS) is 8.16. The van der Waals surface area contributed by atoms with Crippen LogP contribution < -0.4 is 0 Å². The molecule has 0 unspecified atom stereocenters. The van der Waals surface area contributed by atoms with Gasteiger partial charge in [-0.15, -0.1) is 0 Å². The summed E-state index contributed by atoms with van der Waals surface area (Å²) in [6, 6.07) is 3.92. The Kier molecular flexibility index (Phi) is 43.5. The van der Waals surface area contributed by atoms with E-state index < -0.39 is 0 Å². The van der Waals surface area contributed by atoms with E-state index >= 15 is 0 Å². The summed E-state index contributed by atoms with van der Waals surface area (Å²) in [5.74, 6) is 0. The molecule has 0 atom stereocenters. The Morgan fingerprint density at radius 3 is 1.79 bits per heavy atom. The number of ether oxygens (including phenoxy) is 2. The van der Waals surface area contributed by atoms with E-state index in [1.807, 2.05) is 19.1 Å². The van der Waals surface area contributed by atoms with Crippen LogP contribution in [0.1, 0.15) is 48.8 Å². The fraction of sp³-hybridized carbons (Fsp3) is 0.857. The third kappa shape index (κ3) is 47.4. The van der Waals surface area contributed by atoms with Crippen LogP contribution in [0.3, 0.4) is 0 Å². The molecule has 0 spiro atoms. The molecule has 0 saturated carbocycles. The van der Waals surface area contributed by atoms with Crippen molar-refractivity contribution in [3.05, 3.63) is 0 Å². The molecule has 0 amide bonds. The Morgan fingerprint density at radius 1 is 1.05 bits per heavy atom. The summed E-state index contributed by atoms with van der Waals surface area (Å²) in [5, 5.41) is 24.2. The largest absolute Gasteiger partial charge is 0.394 e. The number of hydrogen-bond donors (Lipinski definition) is 1. The highest BCUT2D eigenvalue weighted by atomic mass is 16.5. The summed E-state index contributed by atoms with van der Waals surface area (Å²) >= 11 is 0. The minimum atomic E-state index is 0. The van der Waals surface area contributed by atoms with Gasteiger partial charge in [-0.2, -0.15) is 10.5 Å². The predicted molar refractivity (Wildman–Crippen MR) is 77.6 cm³/mol. The molecule has 0 aromatic rings. The Labute approximate surface area is 120 Å². The molecule has 0 aromatic heterocycles. The molecule has 0 aromatic carbocycles. The van der Waals surface area contributed by atoms with Gasteiger partial charge in [0, 0.05) is 7.98 Å². The zero-order valence-corrected chi connectivity index (χ0v) is 11.5. The van der Waals surface area contributed by atoms with Crippen LogP contribution >= 0.6 is 0 Å². The predicted octanol–water partition coefficient (Wildman–Crippen LogP) is 2.90. The standard InChI is InChI=1S/C6H11NO.C5H9NO2.C2H6.CH4/c1-2-5-8-6-3-4-7;6-2-1-4-8-5-3-7;1-2;/h2-3,5-6H2,1H3;7H,1,3-5H2;1-2H3;1H4/i;;1D;. The molecule has 1 N–H and O–H groups in total. The van der Waals surface area contributed by atoms with Crippen LogP contribution in [0.2, 0.25) is 0 Å². The van der Waals surface area contributed by atoms with Gasteiger partial charge in [0.25, 0.3) is 0 Å². The maximum Gasteiger partial charge on any atom is 0.0698 e. The maximum atomic E-state index is 8.16. The molecule has 0 bridgehead atoms. The summed E-state index contributed by atoms with van der Waals surface area (Å²) in [6.07, 6.45) is 1.95. The molecule has 0 saturated heterocycles. The van der Waals surface area contributed by atoms with Gasteiger partial charge in [-0.3, -0.25) is 0 Å². The van der Waals surface area contributed by atoms with Crippen molar-refractivity contribution in [2.24, 2.45) is 0 Å². The van der Waals surface area contributed by atoms with Gasteiger partial charge in [0.2, 0.25) is 0 Å². The number of rotatable bonds is 8. The van der Waals surface area contributed by atoms with Gasteiger partial charge in [-0.05, 0) is 6.42 Å². The van der Waals surface area contributed by atoms with E-state index in [-0.39, 0.29) is 14.0 Å². The monoisotopic (exact) mass is 275 g/mol. The molecule has 0 fully saturated rings. The van der Waals surface area contributed by atoms with Crippen LogP contribution in [0.15, 0.2) is 0 Å². The average Bonchev–Trinajstić information content (AvgIpc) is 2.42. The molecule has 0 rings (SSSR count). The molecule has 0 heterocycles. The third-order valence-corrected chi connectivity index (χ3v) is 1.30. The third-order valence-electron chi connectivity index (χ3n) is 1.30. The topological polar surface area (TPSA) is 86.3 Å². The zero-order valence-electron chi connectivity index (χ0n) is 12.5. The van der Waals surface area contributed by atoms with Crippen molar-refractivity contribution in [1.82, 2.24) is 0 Å². The van der Waals surface area contributed by atoms with Gasteiger partial charge in [0.1, 0.15) is 0 Å². The second-order valence-electron chi connectivity index (χ2n) is 2.76. The SMILES string of the molecule is C.CCCOCCC#N.N#CCCOCCO.[2H]CC. The molecule has 19 heavy (non-hydrogen) atoms. The van der Waals surface area contributed by atoms with E-state index in [9.17, 15) is 0 Å². The summed E-state index contributed by atoms with van der Waals surface area (Å²) in [7, 11) is 0. The van der Waals surface area contributed by atoms with E-state index in [2.05, 4.69) is 0 Å². The van der Waals surface area contributed by atoms with Gasteiger partial charge < -0.3 is 14.6 Å². The minimum Gasteiger partial charge on any atom is -0.394 e. The smallest absolute Gasteiger partial charge is 0.0698 e. The van der Waals surface area contributed by atoms with Crippen molar-refractivity contribution in [3.8, 4) is 12.1 Å². The lowest BCUT2D eigenvalue weighted by molar-refractivity contribution is 0.0961. The van der Waals surface area contributed by atoms with E-state index in [1.165, 1.54) is 0 Å². The summed E-state index contributed by atoms with van der Waals surface area (Å²) in [6.45, 7) is 6.50. The Hall–Kier alpha value is -1.14. The van der Waals surface area contributed by atoms with Gasteiger partial charge >= 0.3 is 0 Å². The lowest BCUT2D eigenvalue weighted by Gasteiger charge is -1.94. The fourth-order valence-corrected chi connectivity index (χ4v) is 0.649. The van der Waals surface area contributed by atoms with Gasteiger partial charge in [0.15, 0.2) is 0 Å². The van der Waals surface area contributed by atoms with Crippen molar-refractivity contribution < 1.29 is 16.0 Å². The van der Waals surface area contributed by atoms with Crippen molar-refractivity contribution >= 4 is 0 Å². The van der Waals surface area contributed by atoms with E-state index in [0.29, 0.717) is 39.6 Å². The lowest BCUT2D eigenvalue weighted by Crippen LogP contribution is -1.99. The van der Waals surface area contributed by atoms with Gasteiger partial charge in [-0.1, -0.05) is 28.2 Å². The minimum absolute atomic E-state index is 0. The maximum absolute atomic E-state index is 8.16. The van der Waals surface area contributed by atoms with E-state index in [4.69, 9.17) is 26.5 Å².